The number of rotatable bonds is 6. The SMILES string of the molecule is CN(C)Cc1csc(NC(=O)C2CC(=O)N(c3ccc(N4CCCC4)cc3)C2)n1. The van der Waals surface area contributed by atoms with Gasteiger partial charge in [0.1, 0.15) is 0 Å². The Morgan fingerprint density at radius 1 is 1.21 bits per heavy atom. The van der Waals surface area contributed by atoms with E-state index in [1.807, 2.05) is 36.5 Å². The summed E-state index contributed by atoms with van der Waals surface area (Å²) in [6.07, 6.45) is 2.70. The van der Waals surface area contributed by atoms with Crippen molar-refractivity contribution in [1.82, 2.24) is 9.88 Å². The molecular formula is C21H27N5O2S. The van der Waals surface area contributed by atoms with Gasteiger partial charge in [-0.05, 0) is 51.2 Å². The van der Waals surface area contributed by atoms with Crippen LogP contribution in [0.4, 0.5) is 16.5 Å². The standard InChI is InChI=1S/C21H27N5O2S/c1-24(2)13-16-14-29-21(22-16)23-20(28)15-11-19(27)26(12-15)18-7-5-17(6-8-18)25-9-3-4-10-25/h5-8,14-15H,3-4,9-13H2,1-2H3,(H,22,23,28). The Kier molecular flexibility index (Phi) is 5.82. The molecule has 0 aliphatic carbocycles. The van der Waals surface area contributed by atoms with Gasteiger partial charge in [-0.15, -0.1) is 11.3 Å². The van der Waals surface area contributed by atoms with E-state index in [0.717, 1.165) is 31.0 Å². The van der Waals surface area contributed by atoms with Crippen LogP contribution in [0.3, 0.4) is 0 Å². The van der Waals surface area contributed by atoms with Gasteiger partial charge < -0.3 is 20.0 Å². The minimum Gasteiger partial charge on any atom is -0.372 e. The second kappa shape index (κ2) is 8.51. The van der Waals surface area contributed by atoms with Gasteiger partial charge in [-0.3, -0.25) is 9.59 Å². The van der Waals surface area contributed by atoms with Crippen molar-refractivity contribution < 1.29 is 9.59 Å². The molecule has 0 spiro atoms. The Bertz CT molecular complexity index is 873. The summed E-state index contributed by atoms with van der Waals surface area (Å²) in [7, 11) is 3.96. The number of hydrogen-bond acceptors (Lipinski definition) is 6. The van der Waals surface area contributed by atoms with Gasteiger partial charge in [0, 0.05) is 49.4 Å². The van der Waals surface area contributed by atoms with Crippen LogP contribution in [-0.2, 0) is 16.1 Å². The summed E-state index contributed by atoms with van der Waals surface area (Å²) < 4.78 is 0. The predicted molar refractivity (Wildman–Crippen MR) is 116 cm³/mol. The first-order chi connectivity index (χ1) is 14.0. The smallest absolute Gasteiger partial charge is 0.231 e. The molecule has 0 radical (unpaired) electrons. The molecule has 2 fully saturated rings. The first-order valence-corrected chi connectivity index (χ1v) is 10.9. The molecule has 2 aliphatic rings. The average Bonchev–Trinajstić information content (AvgIpc) is 3.43. The fourth-order valence-corrected chi connectivity index (χ4v) is 4.62. The number of thiazole rings is 1. The number of amides is 2. The zero-order valence-electron chi connectivity index (χ0n) is 16.9. The molecule has 2 aliphatic heterocycles. The summed E-state index contributed by atoms with van der Waals surface area (Å²) >= 11 is 1.42. The van der Waals surface area contributed by atoms with Crippen LogP contribution in [-0.4, -0.2) is 55.4 Å². The van der Waals surface area contributed by atoms with Gasteiger partial charge in [0.05, 0.1) is 11.6 Å². The molecule has 7 nitrogen and oxygen atoms in total. The lowest BCUT2D eigenvalue weighted by Gasteiger charge is -2.20. The molecule has 1 N–H and O–H groups in total. The van der Waals surface area contributed by atoms with Crippen molar-refractivity contribution >= 4 is 39.7 Å². The van der Waals surface area contributed by atoms with Crippen LogP contribution in [0.25, 0.3) is 0 Å². The lowest BCUT2D eigenvalue weighted by Crippen LogP contribution is -2.28. The quantitative estimate of drug-likeness (QED) is 0.789. The fourth-order valence-electron chi connectivity index (χ4n) is 3.92. The van der Waals surface area contributed by atoms with Crippen molar-refractivity contribution in [3.63, 3.8) is 0 Å². The molecule has 2 aromatic rings. The lowest BCUT2D eigenvalue weighted by molar-refractivity contribution is -0.122. The molecular weight excluding hydrogens is 386 g/mol. The molecule has 1 aromatic heterocycles. The highest BCUT2D eigenvalue weighted by molar-refractivity contribution is 7.13. The van der Waals surface area contributed by atoms with E-state index < -0.39 is 0 Å². The highest BCUT2D eigenvalue weighted by Crippen LogP contribution is 2.29. The van der Waals surface area contributed by atoms with Crippen LogP contribution >= 0.6 is 11.3 Å². The first-order valence-electron chi connectivity index (χ1n) is 10.0. The van der Waals surface area contributed by atoms with Crippen molar-refractivity contribution in [2.24, 2.45) is 5.92 Å². The lowest BCUT2D eigenvalue weighted by atomic mass is 10.1. The van der Waals surface area contributed by atoms with Crippen LogP contribution in [0.5, 0.6) is 0 Å². The van der Waals surface area contributed by atoms with Gasteiger partial charge in [0.15, 0.2) is 5.13 Å². The van der Waals surface area contributed by atoms with E-state index in [1.54, 1.807) is 4.90 Å². The Balaban J connectivity index is 1.37. The number of benzene rings is 1. The zero-order valence-corrected chi connectivity index (χ0v) is 17.7. The molecule has 2 amide bonds. The van der Waals surface area contributed by atoms with Crippen LogP contribution < -0.4 is 15.1 Å². The number of nitrogens with one attached hydrogen (secondary N) is 1. The van der Waals surface area contributed by atoms with Gasteiger partial charge in [-0.2, -0.15) is 0 Å². The second-order valence-electron chi connectivity index (χ2n) is 7.99. The van der Waals surface area contributed by atoms with Gasteiger partial charge in [-0.25, -0.2) is 4.98 Å². The maximum atomic E-state index is 12.7. The first kappa shape index (κ1) is 19.8. The van der Waals surface area contributed by atoms with Crippen LogP contribution in [0, 0.1) is 5.92 Å². The topological polar surface area (TPSA) is 68.8 Å². The summed E-state index contributed by atoms with van der Waals surface area (Å²) in [4.78, 5) is 35.7. The van der Waals surface area contributed by atoms with E-state index in [2.05, 4.69) is 27.3 Å². The molecule has 0 bridgehead atoms. The minimum atomic E-state index is -0.359. The van der Waals surface area contributed by atoms with E-state index in [9.17, 15) is 9.59 Å². The van der Waals surface area contributed by atoms with E-state index in [4.69, 9.17) is 0 Å². The Morgan fingerprint density at radius 2 is 1.90 bits per heavy atom. The third-order valence-electron chi connectivity index (χ3n) is 5.39. The van der Waals surface area contributed by atoms with Crippen LogP contribution in [0.2, 0.25) is 0 Å². The third kappa shape index (κ3) is 4.59. The van der Waals surface area contributed by atoms with E-state index in [1.165, 1.54) is 29.9 Å². The number of carbonyl (C=O) groups excluding carboxylic acids is 2. The Morgan fingerprint density at radius 3 is 2.59 bits per heavy atom. The summed E-state index contributed by atoms with van der Waals surface area (Å²) in [5, 5.41) is 5.42. The van der Waals surface area contributed by atoms with E-state index in [0.29, 0.717) is 11.7 Å². The predicted octanol–water partition coefficient (Wildman–Crippen LogP) is 2.80. The minimum absolute atomic E-state index is 0.00786. The van der Waals surface area contributed by atoms with Gasteiger partial charge >= 0.3 is 0 Å². The second-order valence-corrected chi connectivity index (χ2v) is 8.85. The normalized spacial score (nSPS) is 19.4. The number of carbonyl (C=O) groups is 2. The van der Waals surface area contributed by atoms with E-state index >= 15 is 0 Å². The maximum absolute atomic E-state index is 12.7. The third-order valence-corrected chi connectivity index (χ3v) is 6.20. The van der Waals surface area contributed by atoms with Crippen molar-refractivity contribution in [1.29, 1.82) is 0 Å². The zero-order chi connectivity index (χ0) is 20.4. The molecule has 29 heavy (non-hydrogen) atoms. The van der Waals surface area contributed by atoms with Gasteiger partial charge in [0.25, 0.3) is 0 Å². The van der Waals surface area contributed by atoms with Crippen LogP contribution in [0.1, 0.15) is 25.0 Å². The fraction of sp³-hybridized carbons (Fsp3) is 0.476. The summed E-state index contributed by atoms with van der Waals surface area (Å²) in [6, 6.07) is 8.12. The average molecular weight is 414 g/mol. The molecule has 3 heterocycles. The monoisotopic (exact) mass is 413 g/mol. The highest BCUT2D eigenvalue weighted by Gasteiger charge is 2.35. The molecule has 0 saturated carbocycles. The van der Waals surface area contributed by atoms with Crippen molar-refractivity contribution in [3.05, 3.63) is 35.3 Å². The van der Waals surface area contributed by atoms with Gasteiger partial charge in [0.2, 0.25) is 11.8 Å². The molecule has 4 rings (SSSR count). The van der Waals surface area contributed by atoms with E-state index in [-0.39, 0.29) is 24.2 Å². The van der Waals surface area contributed by atoms with Crippen molar-refractivity contribution in [2.75, 3.05) is 48.8 Å². The number of anilines is 3. The van der Waals surface area contributed by atoms with Crippen molar-refractivity contribution in [2.45, 2.75) is 25.8 Å². The number of nitrogens with zero attached hydrogens (tertiary/aromatic N) is 4. The largest absolute Gasteiger partial charge is 0.372 e. The highest BCUT2D eigenvalue weighted by atomic mass is 32.1. The molecule has 1 aromatic carbocycles. The summed E-state index contributed by atoms with van der Waals surface area (Å²) in [5.74, 6) is -0.506. The Hall–Kier alpha value is -2.45. The molecule has 2 saturated heterocycles. The molecule has 154 valence electrons. The number of hydrogen-bond donors (Lipinski definition) is 1. The maximum Gasteiger partial charge on any atom is 0.231 e. The summed E-state index contributed by atoms with van der Waals surface area (Å²) in [6.45, 7) is 3.33. The summed E-state index contributed by atoms with van der Waals surface area (Å²) in [5.41, 5.74) is 2.98. The molecule has 1 unspecified atom stereocenters. The molecule has 8 heteroatoms. The van der Waals surface area contributed by atoms with Crippen LogP contribution in [0.15, 0.2) is 29.6 Å². The van der Waals surface area contributed by atoms with Crippen molar-refractivity contribution in [3.8, 4) is 0 Å². The Labute approximate surface area is 175 Å². The number of aromatic nitrogens is 1. The molecule has 1 atom stereocenters. The van der Waals surface area contributed by atoms with Gasteiger partial charge in [-0.1, -0.05) is 0 Å².